The number of hydrogen-bond acceptors (Lipinski definition) is 3. The molecule has 0 radical (unpaired) electrons. The van der Waals surface area contributed by atoms with Crippen LogP contribution in [0, 0.1) is 5.41 Å². The minimum Gasteiger partial charge on any atom is -0.409 e. The van der Waals surface area contributed by atoms with Crippen molar-refractivity contribution in [1.29, 1.82) is 0 Å². The van der Waals surface area contributed by atoms with Crippen molar-refractivity contribution >= 4 is 11.7 Å². The van der Waals surface area contributed by atoms with Crippen LogP contribution in [0.2, 0.25) is 0 Å². The van der Waals surface area contributed by atoms with Gasteiger partial charge < -0.3 is 16.3 Å². The van der Waals surface area contributed by atoms with E-state index in [1.165, 1.54) is 0 Å². The first-order chi connectivity index (χ1) is 8.02. The Morgan fingerprint density at radius 2 is 1.76 bits per heavy atom. The first kappa shape index (κ1) is 15.7. The van der Waals surface area contributed by atoms with E-state index >= 15 is 0 Å². The van der Waals surface area contributed by atoms with Gasteiger partial charge in [-0.1, -0.05) is 32.9 Å². The molecule has 1 amide bonds. The highest BCUT2D eigenvalue weighted by molar-refractivity contribution is 6.06. The van der Waals surface area contributed by atoms with Gasteiger partial charge in [0.15, 0.2) is 5.84 Å². The van der Waals surface area contributed by atoms with Gasteiger partial charge in [-0.3, -0.25) is 4.79 Å². The van der Waals surface area contributed by atoms with Gasteiger partial charge in [0.05, 0.1) is 0 Å². The second-order valence-electron chi connectivity index (χ2n) is 4.26. The number of amides is 1. The van der Waals surface area contributed by atoms with Crippen LogP contribution < -0.4 is 11.1 Å². The third-order valence-electron chi connectivity index (χ3n) is 3.56. The number of carbonyl (C=O) groups is 1. The van der Waals surface area contributed by atoms with Crippen molar-refractivity contribution in [2.45, 2.75) is 59.4 Å². The zero-order valence-electron chi connectivity index (χ0n) is 11.3. The molecule has 0 saturated carbocycles. The van der Waals surface area contributed by atoms with Gasteiger partial charge in [-0.15, -0.1) is 0 Å². The van der Waals surface area contributed by atoms with Crippen LogP contribution in [0.4, 0.5) is 0 Å². The maximum Gasteiger partial charge on any atom is 0.234 e. The zero-order valence-corrected chi connectivity index (χ0v) is 11.3. The Hall–Kier alpha value is -1.26. The molecule has 0 aromatic heterocycles. The quantitative estimate of drug-likeness (QED) is 0.276. The zero-order chi connectivity index (χ0) is 13.5. The summed E-state index contributed by atoms with van der Waals surface area (Å²) >= 11 is 0. The Morgan fingerprint density at radius 1 is 1.29 bits per heavy atom. The number of nitrogens with one attached hydrogen (secondary N) is 1. The lowest BCUT2D eigenvalue weighted by atomic mass is 9.80. The number of hydrogen-bond donors (Lipinski definition) is 3. The van der Waals surface area contributed by atoms with E-state index in [9.17, 15) is 4.79 Å². The summed E-state index contributed by atoms with van der Waals surface area (Å²) in [6, 6.07) is 0.145. The van der Waals surface area contributed by atoms with Gasteiger partial charge in [-0.25, -0.2) is 0 Å². The summed E-state index contributed by atoms with van der Waals surface area (Å²) in [4.78, 5) is 12.3. The molecule has 0 saturated heterocycles. The van der Waals surface area contributed by atoms with Gasteiger partial charge in [0.25, 0.3) is 0 Å². The second kappa shape index (κ2) is 7.14. The second-order valence-corrected chi connectivity index (χ2v) is 4.26. The van der Waals surface area contributed by atoms with Crippen LogP contribution >= 0.6 is 0 Å². The van der Waals surface area contributed by atoms with Gasteiger partial charge in [-0.05, 0) is 25.7 Å². The summed E-state index contributed by atoms with van der Waals surface area (Å²) in [7, 11) is 0. The van der Waals surface area contributed by atoms with Crippen molar-refractivity contribution in [3.63, 3.8) is 0 Å². The molecular weight excluding hydrogens is 218 g/mol. The molecule has 0 heterocycles. The van der Waals surface area contributed by atoms with Crippen molar-refractivity contribution in [3.8, 4) is 0 Å². The Balaban J connectivity index is 5.01. The molecule has 0 aromatic carbocycles. The molecule has 0 aromatic rings. The summed E-state index contributed by atoms with van der Waals surface area (Å²) in [5.41, 5.74) is 4.78. The molecule has 0 aliphatic carbocycles. The van der Waals surface area contributed by atoms with E-state index in [4.69, 9.17) is 10.9 Å². The van der Waals surface area contributed by atoms with Crippen LogP contribution in [-0.4, -0.2) is 23.0 Å². The van der Waals surface area contributed by atoms with Gasteiger partial charge in [0, 0.05) is 6.04 Å². The maximum atomic E-state index is 12.3. The van der Waals surface area contributed by atoms with E-state index in [-0.39, 0.29) is 17.8 Å². The van der Waals surface area contributed by atoms with Crippen LogP contribution in [0.1, 0.15) is 53.4 Å². The molecule has 0 aliphatic rings. The van der Waals surface area contributed by atoms with Crippen LogP contribution in [0.3, 0.4) is 0 Å². The lowest BCUT2D eigenvalue weighted by Crippen LogP contribution is -2.51. The van der Waals surface area contributed by atoms with Crippen LogP contribution in [-0.2, 0) is 4.79 Å². The van der Waals surface area contributed by atoms with Crippen LogP contribution in [0.25, 0.3) is 0 Å². The number of nitrogens with two attached hydrogens (primary N) is 1. The lowest BCUT2D eigenvalue weighted by Gasteiger charge is -2.30. The highest BCUT2D eigenvalue weighted by Gasteiger charge is 2.40. The third kappa shape index (κ3) is 3.35. The molecule has 100 valence electrons. The Labute approximate surface area is 103 Å². The molecule has 0 bridgehead atoms. The summed E-state index contributed by atoms with van der Waals surface area (Å²) in [6.45, 7) is 7.79. The van der Waals surface area contributed by atoms with E-state index in [0.29, 0.717) is 12.8 Å². The smallest absolute Gasteiger partial charge is 0.234 e. The van der Waals surface area contributed by atoms with Gasteiger partial charge in [0.1, 0.15) is 5.41 Å². The predicted octanol–water partition coefficient (Wildman–Crippen LogP) is 1.84. The maximum absolute atomic E-state index is 12.3. The van der Waals surface area contributed by atoms with Crippen molar-refractivity contribution < 1.29 is 10.0 Å². The molecule has 0 spiro atoms. The number of oxime groups is 1. The Bertz CT molecular complexity index is 269. The fourth-order valence-electron chi connectivity index (χ4n) is 1.96. The molecule has 17 heavy (non-hydrogen) atoms. The van der Waals surface area contributed by atoms with E-state index in [2.05, 4.69) is 10.5 Å². The monoisotopic (exact) mass is 243 g/mol. The lowest BCUT2D eigenvalue weighted by molar-refractivity contribution is -0.128. The number of carbonyl (C=O) groups excluding carboxylic acids is 1. The third-order valence-corrected chi connectivity index (χ3v) is 3.56. The SMILES string of the molecule is CCC(CC)NC(=O)C(CC)(CC)C(N)=NO. The van der Waals surface area contributed by atoms with Crippen molar-refractivity contribution in [2.75, 3.05) is 0 Å². The normalized spacial score (nSPS) is 12.9. The van der Waals surface area contributed by atoms with E-state index < -0.39 is 5.41 Å². The minimum absolute atomic E-state index is 0.00837. The molecule has 0 rings (SSSR count). The first-order valence-electron chi connectivity index (χ1n) is 6.31. The average Bonchev–Trinajstić information content (AvgIpc) is 2.37. The van der Waals surface area contributed by atoms with Gasteiger partial charge >= 0.3 is 0 Å². The Kier molecular flexibility index (Phi) is 6.61. The van der Waals surface area contributed by atoms with Gasteiger partial charge in [0.2, 0.25) is 5.91 Å². The fraction of sp³-hybridized carbons (Fsp3) is 0.833. The Morgan fingerprint density at radius 3 is 2.06 bits per heavy atom. The summed E-state index contributed by atoms with van der Waals surface area (Å²) in [5, 5.41) is 14.8. The average molecular weight is 243 g/mol. The van der Waals surface area contributed by atoms with Gasteiger partial charge in [-0.2, -0.15) is 0 Å². The highest BCUT2D eigenvalue weighted by atomic mass is 16.4. The summed E-state index contributed by atoms with van der Waals surface area (Å²) < 4.78 is 0. The number of rotatable bonds is 7. The van der Waals surface area contributed by atoms with Crippen LogP contribution in [0.15, 0.2) is 5.16 Å². The van der Waals surface area contributed by atoms with Crippen molar-refractivity contribution in [1.82, 2.24) is 5.32 Å². The highest BCUT2D eigenvalue weighted by Crippen LogP contribution is 2.27. The standard InChI is InChI=1S/C12H25N3O2/c1-5-9(6-2)14-11(16)12(7-3,8-4)10(13)15-17/h9,17H,5-8H2,1-4H3,(H2,13,15)(H,14,16). The topological polar surface area (TPSA) is 87.7 Å². The molecule has 0 fully saturated rings. The first-order valence-corrected chi connectivity index (χ1v) is 6.31. The summed E-state index contributed by atoms with van der Waals surface area (Å²) in [6.07, 6.45) is 2.79. The minimum atomic E-state index is -0.892. The largest absolute Gasteiger partial charge is 0.409 e. The van der Waals surface area contributed by atoms with E-state index in [1.54, 1.807) is 0 Å². The van der Waals surface area contributed by atoms with E-state index in [0.717, 1.165) is 12.8 Å². The number of nitrogens with zero attached hydrogens (tertiary/aromatic N) is 1. The van der Waals surface area contributed by atoms with E-state index in [1.807, 2.05) is 27.7 Å². The molecule has 0 aliphatic heterocycles. The molecule has 5 heteroatoms. The molecule has 4 N–H and O–H groups in total. The molecule has 5 nitrogen and oxygen atoms in total. The fourth-order valence-corrected chi connectivity index (χ4v) is 1.96. The molecule has 0 atom stereocenters. The predicted molar refractivity (Wildman–Crippen MR) is 68.9 cm³/mol. The molecule has 0 unspecified atom stereocenters. The number of amidine groups is 1. The summed E-state index contributed by atoms with van der Waals surface area (Å²) in [5.74, 6) is -0.155. The van der Waals surface area contributed by atoms with Crippen molar-refractivity contribution in [3.05, 3.63) is 0 Å². The van der Waals surface area contributed by atoms with Crippen molar-refractivity contribution in [2.24, 2.45) is 16.3 Å². The van der Waals surface area contributed by atoms with Crippen LogP contribution in [0.5, 0.6) is 0 Å². The molecular formula is C12H25N3O2.